The van der Waals surface area contributed by atoms with Gasteiger partial charge in [-0.2, -0.15) is 0 Å². The summed E-state index contributed by atoms with van der Waals surface area (Å²) in [7, 11) is 0. The summed E-state index contributed by atoms with van der Waals surface area (Å²) >= 11 is 0. The number of nitrogens with zero attached hydrogens (tertiary/aromatic N) is 1. The lowest BCUT2D eigenvalue weighted by Crippen LogP contribution is -2.44. The number of carbonyl (C=O) groups is 1. The zero-order valence-electron chi connectivity index (χ0n) is 10.9. The molecule has 1 amide bonds. The molecule has 0 saturated carbocycles. The second-order valence-corrected chi connectivity index (χ2v) is 4.36. The Morgan fingerprint density at radius 3 is 3.00 bits per heavy atom. The smallest absolute Gasteiger partial charge is 0.257 e. The number of carbonyl (C=O) groups excluding carboxylic acids is 1. The van der Waals surface area contributed by atoms with Gasteiger partial charge in [0, 0.05) is 13.1 Å². The first-order valence-electron chi connectivity index (χ1n) is 6.35. The Labute approximate surface area is 107 Å². The van der Waals surface area contributed by atoms with Crippen molar-refractivity contribution in [1.29, 1.82) is 0 Å². The lowest BCUT2D eigenvalue weighted by Gasteiger charge is -2.31. The third-order valence-corrected chi connectivity index (χ3v) is 2.95. The van der Waals surface area contributed by atoms with Gasteiger partial charge in [-0.25, -0.2) is 0 Å². The number of amides is 1. The largest absolute Gasteiger partial charge is 0.493 e. The molecule has 0 aromatic heterocycles. The zero-order valence-corrected chi connectivity index (χ0v) is 10.9. The van der Waals surface area contributed by atoms with Gasteiger partial charge in [-0.1, -0.05) is 12.1 Å². The van der Waals surface area contributed by atoms with Gasteiger partial charge in [0.25, 0.3) is 5.91 Å². The number of ether oxygens (including phenoxy) is 2. The average molecular weight is 249 g/mol. The molecule has 0 spiro atoms. The van der Waals surface area contributed by atoms with E-state index in [0.717, 1.165) is 0 Å². The van der Waals surface area contributed by atoms with Crippen molar-refractivity contribution in [3.8, 4) is 5.75 Å². The summed E-state index contributed by atoms with van der Waals surface area (Å²) in [5, 5.41) is 0. The minimum Gasteiger partial charge on any atom is -0.493 e. The summed E-state index contributed by atoms with van der Waals surface area (Å²) in [4.78, 5) is 14.3. The predicted octanol–water partition coefficient (Wildman–Crippen LogP) is 1.95. The minimum absolute atomic E-state index is 0.0224. The fraction of sp³-hybridized carbons (Fsp3) is 0.500. The molecule has 1 fully saturated rings. The summed E-state index contributed by atoms with van der Waals surface area (Å²) in [6, 6.07) is 7.39. The third kappa shape index (κ3) is 2.82. The van der Waals surface area contributed by atoms with Gasteiger partial charge in [0.1, 0.15) is 5.75 Å². The summed E-state index contributed by atoms with van der Waals surface area (Å²) in [6.45, 7) is 6.34. The van der Waals surface area contributed by atoms with Gasteiger partial charge >= 0.3 is 0 Å². The summed E-state index contributed by atoms with van der Waals surface area (Å²) in [5.41, 5.74) is 0.633. The topological polar surface area (TPSA) is 38.8 Å². The van der Waals surface area contributed by atoms with E-state index in [2.05, 4.69) is 0 Å². The van der Waals surface area contributed by atoms with Crippen LogP contribution in [0.15, 0.2) is 24.3 Å². The van der Waals surface area contributed by atoms with Crippen molar-refractivity contribution in [3.63, 3.8) is 0 Å². The van der Waals surface area contributed by atoms with Crippen LogP contribution in [-0.4, -0.2) is 43.2 Å². The van der Waals surface area contributed by atoms with Gasteiger partial charge in [-0.3, -0.25) is 4.79 Å². The van der Waals surface area contributed by atoms with E-state index in [1.54, 1.807) is 0 Å². The van der Waals surface area contributed by atoms with Gasteiger partial charge in [0.15, 0.2) is 0 Å². The van der Waals surface area contributed by atoms with Crippen LogP contribution in [0.2, 0.25) is 0 Å². The molecular weight excluding hydrogens is 230 g/mol. The number of para-hydroxylation sites is 1. The summed E-state index contributed by atoms with van der Waals surface area (Å²) in [6.07, 6.45) is 0.0990. The number of hydrogen-bond donors (Lipinski definition) is 0. The number of hydrogen-bond acceptors (Lipinski definition) is 3. The van der Waals surface area contributed by atoms with Crippen LogP contribution in [0.5, 0.6) is 5.75 Å². The van der Waals surface area contributed by atoms with Gasteiger partial charge in [-0.15, -0.1) is 0 Å². The maximum atomic E-state index is 12.4. The normalized spacial score (nSPS) is 19.7. The standard InChI is InChI=1S/C14H19NO3/c1-3-17-13-7-5-4-6-12(13)14(16)15-8-9-18-11(2)10-15/h4-7,11H,3,8-10H2,1-2H3. The highest BCUT2D eigenvalue weighted by Gasteiger charge is 2.24. The molecule has 1 saturated heterocycles. The van der Waals surface area contributed by atoms with E-state index in [0.29, 0.717) is 37.6 Å². The van der Waals surface area contributed by atoms with Crippen molar-refractivity contribution in [1.82, 2.24) is 4.90 Å². The molecule has 1 aromatic rings. The van der Waals surface area contributed by atoms with Crippen LogP contribution in [0.1, 0.15) is 24.2 Å². The Bertz CT molecular complexity index is 419. The van der Waals surface area contributed by atoms with Crippen molar-refractivity contribution in [2.24, 2.45) is 0 Å². The van der Waals surface area contributed by atoms with Gasteiger partial charge < -0.3 is 14.4 Å². The van der Waals surface area contributed by atoms with E-state index in [1.165, 1.54) is 0 Å². The van der Waals surface area contributed by atoms with E-state index in [9.17, 15) is 4.79 Å². The van der Waals surface area contributed by atoms with Crippen molar-refractivity contribution < 1.29 is 14.3 Å². The van der Waals surface area contributed by atoms with E-state index in [1.807, 2.05) is 43.0 Å². The van der Waals surface area contributed by atoms with E-state index in [-0.39, 0.29) is 12.0 Å². The monoisotopic (exact) mass is 249 g/mol. The Morgan fingerprint density at radius 1 is 1.50 bits per heavy atom. The van der Waals surface area contributed by atoms with Crippen LogP contribution in [0.25, 0.3) is 0 Å². The lowest BCUT2D eigenvalue weighted by atomic mass is 10.1. The van der Waals surface area contributed by atoms with Crippen LogP contribution in [0.3, 0.4) is 0 Å². The molecule has 0 aliphatic carbocycles. The van der Waals surface area contributed by atoms with E-state index >= 15 is 0 Å². The molecule has 1 aliphatic rings. The fourth-order valence-corrected chi connectivity index (χ4v) is 2.10. The maximum absolute atomic E-state index is 12.4. The average Bonchev–Trinajstić information content (AvgIpc) is 2.39. The highest BCUT2D eigenvalue weighted by molar-refractivity contribution is 5.97. The molecule has 2 rings (SSSR count). The highest BCUT2D eigenvalue weighted by atomic mass is 16.5. The molecule has 0 bridgehead atoms. The van der Waals surface area contributed by atoms with Gasteiger partial charge in [-0.05, 0) is 26.0 Å². The summed E-state index contributed by atoms with van der Waals surface area (Å²) < 4.78 is 10.9. The molecule has 1 unspecified atom stereocenters. The molecule has 4 nitrogen and oxygen atoms in total. The fourth-order valence-electron chi connectivity index (χ4n) is 2.10. The Hall–Kier alpha value is -1.55. The second kappa shape index (κ2) is 5.87. The van der Waals surface area contributed by atoms with Gasteiger partial charge in [0.05, 0.1) is 24.9 Å². The van der Waals surface area contributed by atoms with Crippen LogP contribution in [-0.2, 0) is 4.74 Å². The number of morpholine rings is 1. The Balaban J connectivity index is 2.17. The van der Waals surface area contributed by atoms with Crippen molar-refractivity contribution in [2.45, 2.75) is 20.0 Å². The van der Waals surface area contributed by atoms with Crippen molar-refractivity contribution in [3.05, 3.63) is 29.8 Å². The molecule has 1 heterocycles. The molecule has 1 aliphatic heterocycles. The first-order chi connectivity index (χ1) is 8.72. The zero-order chi connectivity index (χ0) is 13.0. The second-order valence-electron chi connectivity index (χ2n) is 4.36. The Morgan fingerprint density at radius 2 is 2.28 bits per heavy atom. The van der Waals surface area contributed by atoms with Crippen LogP contribution in [0.4, 0.5) is 0 Å². The molecular formula is C14H19NO3. The SMILES string of the molecule is CCOc1ccccc1C(=O)N1CCOC(C)C1. The predicted molar refractivity (Wildman–Crippen MR) is 68.9 cm³/mol. The molecule has 0 N–H and O–H groups in total. The minimum atomic E-state index is 0.0224. The van der Waals surface area contributed by atoms with Gasteiger partial charge in [0.2, 0.25) is 0 Å². The first kappa shape index (κ1) is 12.9. The van der Waals surface area contributed by atoms with Crippen molar-refractivity contribution >= 4 is 5.91 Å². The lowest BCUT2D eigenvalue weighted by molar-refractivity contribution is -0.0125. The van der Waals surface area contributed by atoms with E-state index in [4.69, 9.17) is 9.47 Å². The molecule has 98 valence electrons. The number of rotatable bonds is 3. The quantitative estimate of drug-likeness (QED) is 0.822. The van der Waals surface area contributed by atoms with Crippen LogP contribution in [0, 0.1) is 0 Å². The van der Waals surface area contributed by atoms with E-state index < -0.39 is 0 Å². The molecule has 1 atom stereocenters. The van der Waals surface area contributed by atoms with Crippen molar-refractivity contribution in [2.75, 3.05) is 26.3 Å². The molecule has 0 radical (unpaired) electrons. The molecule has 18 heavy (non-hydrogen) atoms. The highest BCUT2D eigenvalue weighted by Crippen LogP contribution is 2.21. The summed E-state index contributed by atoms with van der Waals surface area (Å²) in [5.74, 6) is 0.679. The van der Waals surface area contributed by atoms with Crippen LogP contribution < -0.4 is 4.74 Å². The number of benzene rings is 1. The molecule has 4 heteroatoms. The first-order valence-corrected chi connectivity index (χ1v) is 6.35. The van der Waals surface area contributed by atoms with Crippen LogP contribution >= 0.6 is 0 Å². The third-order valence-electron chi connectivity index (χ3n) is 2.95. The Kier molecular flexibility index (Phi) is 4.20. The molecule has 1 aromatic carbocycles. The maximum Gasteiger partial charge on any atom is 0.257 e.